The third kappa shape index (κ3) is 3.12. The zero-order chi connectivity index (χ0) is 20.8. The van der Waals surface area contributed by atoms with Crippen LogP contribution in [0.3, 0.4) is 0 Å². The second-order valence-electron chi connectivity index (χ2n) is 7.64. The topological polar surface area (TPSA) is 87.7 Å². The van der Waals surface area contributed by atoms with Gasteiger partial charge in [0, 0.05) is 17.7 Å². The number of benzene rings is 2. The summed E-state index contributed by atoms with van der Waals surface area (Å²) in [6, 6.07) is 10.5. The number of ether oxygens (including phenoxy) is 1. The monoisotopic (exact) mass is 393 g/mol. The number of carbonyl (C=O) groups is 3. The Morgan fingerprint density at radius 3 is 2.59 bits per heavy atom. The molecule has 0 radical (unpaired) electrons. The molecule has 0 bridgehead atoms. The van der Waals surface area contributed by atoms with Crippen LogP contribution in [0.1, 0.15) is 28.7 Å². The summed E-state index contributed by atoms with van der Waals surface area (Å²) in [5, 5.41) is 5.65. The smallest absolute Gasteiger partial charge is 0.325 e. The van der Waals surface area contributed by atoms with E-state index in [-0.39, 0.29) is 6.54 Å². The van der Waals surface area contributed by atoms with Crippen LogP contribution in [0.25, 0.3) is 0 Å². The maximum Gasteiger partial charge on any atom is 0.325 e. The Hall–Kier alpha value is -3.35. The van der Waals surface area contributed by atoms with Crippen molar-refractivity contribution < 1.29 is 19.1 Å². The van der Waals surface area contributed by atoms with E-state index in [1.165, 1.54) is 0 Å². The van der Waals surface area contributed by atoms with Crippen molar-refractivity contribution in [2.24, 2.45) is 0 Å². The third-order valence-electron chi connectivity index (χ3n) is 5.50. The number of aryl methyl sites for hydroxylation is 3. The van der Waals surface area contributed by atoms with E-state index in [1.807, 2.05) is 39.0 Å². The maximum absolute atomic E-state index is 13.2. The molecular formula is C22H23N3O4. The summed E-state index contributed by atoms with van der Waals surface area (Å²) in [7, 11) is 0. The van der Waals surface area contributed by atoms with Gasteiger partial charge in [0.05, 0.1) is 6.61 Å². The van der Waals surface area contributed by atoms with Crippen molar-refractivity contribution in [2.75, 3.05) is 18.5 Å². The molecule has 7 nitrogen and oxygen atoms in total. The normalized spacial score (nSPS) is 20.3. The van der Waals surface area contributed by atoms with Gasteiger partial charge >= 0.3 is 6.03 Å². The highest BCUT2D eigenvalue weighted by Gasteiger charge is 2.55. The zero-order valence-electron chi connectivity index (χ0n) is 16.7. The number of hydrogen-bond acceptors (Lipinski definition) is 4. The van der Waals surface area contributed by atoms with Gasteiger partial charge in [-0.1, -0.05) is 35.9 Å². The lowest BCUT2D eigenvalue weighted by atomic mass is 9.84. The average Bonchev–Trinajstić information content (AvgIpc) is 2.90. The minimum absolute atomic E-state index is 0.310. The van der Waals surface area contributed by atoms with Crippen LogP contribution in [0.15, 0.2) is 36.4 Å². The lowest BCUT2D eigenvalue weighted by molar-refractivity contribution is -0.135. The van der Waals surface area contributed by atoms with Crippen molar-refractivity contribution in [1.29, 1.82) is 0 Å². The maximum atomic E-state index is 13.2. The van der Waals surface area contributed by atoms with Crippen LogP contribution in [-0.2, 0) is 15.1 Å². The highest BCUT2D eigenvalue weighted by Crippen LogP contribution is 2.40. The molecule has 0 aliphatic carbocycles. The number of imide groups is 1. The molecular weight excluding hydrogens is 370 g/mol. The number of carbonyl (C=O) groups excluding carboxylic acids is 3. The Balaban J connectivity index is 1.56. The highest BCUT2D eigenvalue weighted by molar-refractivity contribution is 6.11. The predicted octanol–water partition coefficient (Wildman–Crippen LogP) is 2.78. The van der Waals surface area contributed by atoms with Crippen LogP contribution in [0, 0.1) is 20.8 Å². The average molecular weight is 393 g/mol. The second kappa shape index (κ2) is 6.92. The van der Waals surface area contributed by atoms with Crippen LogP contribution in [0.2, 0.25) is 0 Å². The van der Waals surface area contributed by atoms with Gasteiger partial charge in [0.15, 0.2) is 5.54 Å². The molecule has 7 heteroatoms. The van der Waals surface area contributed by atoms with E-state index in [4.69, 9.17) is 4.74 Å². The SMILES string of the molecule is Cc1cc(C)c(NC(=O)CN2C(=O)N[C@@]3(CCOc4ccccc43)C2=O)c(C)c1. The molecule has 1 fully saturated rings. The van der Waals surface area contributed by atoms with Crippen molar-refractivity contribution >= 4 is 23.5 Å². The Morgan fingerprint density at radius 1 is 1.17 bits per heavy atom. The molecule has 2 aliphatic rings. The molecule has 0 aromatic heterocycles. The van der Waals surface area contributed by atoms with Gasteiger partial charge in [0.2, 0.25) is 5.91 Å². The summed E-state index contributed by atoms with van der Waals surface area (Å²) in [5.74, 6) is -0.267. The van der Waals surface area contributed by atoms with E-state index >= 15 is 0 Å². The van der Waals surface area contributed by atoms with Gasteiger partial charge in [-0.15, -0.1) is 0 Å². The van der Waals surface area contributed by atoms with E-state index in [9.17, 15) is 14.4 Å². The molecule has 2 aromatic rings. The van der Waals surface area contributed by atoms with Gasteiger partial charge in [0.25, 0.3) is 5.91 Å². The fourth-order valence-electron chi connectivity index (χ4n) is 4.22. The van der Waals surface area contributed by atoms with E-state index < -0.39 is 23.4 Å². The molecule has 4 rings (SSSR count). The Kier molecular flexibility index (Phi) is 4.53. The first-order valence-corrected chi connectivity index (χ1v) is 9.56. The van der Waals surface area contributed by atoms with Crippen LogP contribution < -0.4 is 15.4 Å². The Morgan fingerprint density at radius 2 is 1.86 bits per heavy atom. The van der Waals surface area contributed by atoms with Gasteiger partial charge in [-0.2, -0.15) is 0 Å². The summed E-state index contributed by atoms with van der Waals surface area (Å²) < 4.78 is 5.62. The van der Waals surface area contributed by atoms with E-state index in [2.05, 4.69) is 10.6 Å². The zero-order valence-corrected chi connectivity index (χ0v) is 16.7. The summed E-state index contributed by atoms with van der Waals surface area (Å²) in [4.78, 5) is 39.5. The molecule has 29 heavy (non-hydrogen) atoms. The van der Waals surface area contributed by atoms with Crippen LogP contribution in [-0.4, -0.2) is 35.9 Å². The number of anilines is 1. The molecule has 2 aliphatic heterocycles. The van der Waals surface area contributed by atoms with Crippen molar-refractivity contribution in [1.82, 2.24) is 10.2 Å². The largest absolute Gasteiger partial charge is 0.493 e. The standard InChI is InChI=1S/C22H23N3O4/c1-13-10-14(2)19(15(3)11-13)23-18(26)12-25-20(27)22(24-21(25)28)8-9-29-17-7-5-4-6-16(17)22/h4-7,10-11H,8-9,12H2,1-3H3,(H,23,26)(H,24,28)/t22-/m1/s1. The summed E-state index contributed by atoms with van der Waals surface area (Å²) in [6.45, 7) is 5.78. The summed E-state index contributed by atoms with van der Waals surface area (Å²) in [6.07, 6.45) is 0.322. The van der Waals surface area contributed by atoms with Crippen LogP contribution in [0.5, 0.6) is 5.75 Å². The van der Waals surface area contributed by atoms with Crippen molar-refractivity contribution in [3.8, 4) is 5.75 Å². The molecule has 2 N–H and O–H groups in total. The number of nitrogens with one attached hydrogen (secondary N) is 2. The summed E-state index contributed by atoms with van der Waals surface area (Å²) >= 11 is 0. The number of hydrogen-bond donors (Lipinski definition) is 2. The second-order valence-corrected chi connectivity index (χ2v) is 7.64. The lowest BCUT2D eigenvalue weighted by Gasteiger charge is -2.33. The first-order chi connectivity index (χ1) is 13.8. The molecule has 1 saturated heterocycles. The molecule has 1 atom stereocenters. The highest BCUT2D eigenvalue weighted by atomic mass is 16.5. The van der Waals surface area contributed by atoms with E-state index in [0.29, 0.717) is 30.0 Å². The molecule has 1 spiro atoms. The van der Waals surface area contributed by atoms with Gasteiger partial charge in [-0.05, 0) is 38.0 Å². The van der Waals surface area contributed by atoms with Crippen LogP contribution in [0.4, 0.5) is 10.5 Å². The minimum Gasteiger partial charge on any atom is -0.493 e. The number of nitrogens with zero attached hydrogens (tertiary/aromatic N) is 1. The quantitative estimate of drug-likeness (QED) is 0.785. The lowest BCUT2D eigenvalue weighted by Crippen LogP contribution is -2.48. The number of urea groups is 1. The fraction of sp³-hybridized carbons (Fsp3) is 0.318. The number of fused-ring (bicyclic) bond motifs is 2. The number of rotatable bonds is 3. The Bertz CT molecular complexity index is 1010. The van der Waals surface area contributed by atoms with E-state index in [0.717, 1.165) is 21.6 Å². The van der Waals surface area contributed by atoms with Gasteiger partial charge < -0.3 is 15.4 Å². The molecule has 150 valence electrons. The van der Waals surface area contributed by atoms with Gasteiger partial charge in [-0.25, -0.2) is 4.79 Å². The molecule has 0 unspecified atom stereocenters. The van der Waals surface area contributed by atoms with Gasteiger partial charge in [-0.3, -0.25) is 14.5 Å². The molecule has 2 heterocycles. The Labute approximate surface area is 169 Å². The van der Waals surface area contributed by atoms with Gasteiger partial charge in [0.1, 0.15) is 12.3 Å². The molecule has 0 saturated carbocycles. The van der Waals surface area contributed by atoms with Crippen molar-refractivity contribution in [3.05, 3.63) is 58.7 Å². The first-order valence-electron chi connectivity index (χ1n) is 9.56. The number of para-hydroxylation sites is 1. The molecule has 4 amide bonds. The predicted molar refractivity (Wildman–Crippen MR) is 108 cm³/mol. The molecule has 2 aromatic carbocycles. The van der Waals surface area contributed by atoms with E-state index in [1.54, 1.807) is 18.2 Å². The fourth-order valence-corrected chi connectivity index (χ4v) is 4.22. The summed E-state index contributed by atoms with van der Waals surface area (Å²) in [5.41, 5.74) is 3.12. The van der Waals surface area contributed by atoms with Crippen LogP contribution >= 0.6 is 0 Å². The minimum atomic E-state index is -1.18. The third-order valence-corrected chi connectivity index (χ3v) is 5.50. The van der Waals surface area contributed by atoms with Crippen molar-refractivity contribution in [2.45, 2.75) is 32.7 Å². The first kappa shape index (κ1) is 19.0. The van der Waals surface area contributed by atoms with Crippen molar-refractivity contribution in [3.63, 3.8) is 0 Å². The number of amides is 4.